The van der Waals surface area contributed by atoms with E-state index in [4.69, 9.17) is 0 Å². The van der Waals surface area contributed by atoms with Gasteiger partial charge in [0.05, 0.1) is 0 Å². The Kier molecular flexibility index (Phi) is 4.14. The van der Waals surface area contributed by atoms with Crippen molar-refractivity contribution in [2.75, 3.05) is 31.6 Å². The highest BCUT2D eigenvalue weighted by atomic mass is 32.2. The van der Waals surface area contributed by atoms with E-state index in [1.54, 1.807) is 0 Å². The molecule has 0 amide bonds. The Morgan fingerprint density at radius 1 is 1.36 bits per heavy atom. The van der Waals surface area contributed by atoms with E-state index in [1.807, 2.05) is 11.8 Å². The van der Waals surface area contributed by atoms with E-state index in [9.17, 15) is 0 Å². The van der Waals surface area contributed by atoms with Crippen molar-refractivity contribution in [2.45, 2.75) is 37.8 Å². The Bertz CT molecular complexity index is 169. The molecule has 0 aliphatic carbocycles. The van der Waals surface area contributed by atoms with Gasteiger partial charge in [-0.25, -0.2) is 0 Å². The molecule has 2 heterocycles. The summed E-state index contributed by atoms with van der Waals surface area (Å²) in [5.74, 6) is 1.29. The Balaban J connectivity index is 1.82. The maximum Gasteiger partial charge on any atom is 0.0250 e. The minimum absolute atomic E-state index is 0.805. The molecule has 0 aromatic heterocycles. The normalized spacial score (nSPS) is 34.1. The standard InChI is InChI=1S/C11H22N2S/c1-14-9-8-13-7-3-5-11(13)10-4-2-6-12-10/h10-12H,2-9H2,1H3. The molecule has 0 bridgehead atoms. The maximum absolute atomic E-state index is 3.66. The van der Waals surface area contributed by atoms with Gasteiger partial charge in [-0.05, 0) is 45.0 Å². The van der Waals surface area contributed by atoms with E-state index < -0.39 is 0 Å². The lowest BCUT2D eigenvalue weighted by molar-refractivity contribution is 0.226. The second-order valence-corrected chi connectivity index (χ2v) is 5.43. The molecule has 0 saturated carbocycles. The lowest BCUT2D eigenvalue weighted by atomic mass is 10.0. The molecule has 2 nitrogen and oxygen atoms in total. The Hall–Kier alpha value is 0.270. The summed E-state index contributed by atoms with van der Waals surface area (Å²) in [6.45, 7) is 3.88. The van der Waals surface area contributed by atoms with Crippen LogP contribution >= 0.6 is 11.8 Å². The third kappa shape index (κ3) is 2.44. The Morgan fingerprint density at radius 3 is 3.00 bits per heavy atom. The lowest BCUT2D eigenvalue weighted by Gasteiger charge is -2.29. The van der Waals surface area contributed by atoms with Crippen molar-refractivity contribution < 1.29 is 0 Å². The van der Waals surface area contributed by atoms with Crippen molar-refractivity contribution in [3.8, 4) is 0 Å². The topological polar surface area (TPSA) is 15.3 Å². The highest BCUT2D eigenvalue weighted by molar-refractivity contribution is 7.98. The molecule has 2 fully saturated rings. The average Bonchev–Trinajstić information content (AvgIpc) is 2.84. The van der Waals surface area contributed by atoms with Gasteiger partial charge in [-0.1, -0.05) is 0 Å². The fourth-order valence-corrected chi connectivity index (χ4v) is 3.25. The lowest BCUT2D eigenvalue weighted by Crippen LogP contribution is -2.44. The van der Waals surface area contributed by atoms with Crippen LogP contribution in [0, 0.1) is 0 Å². The molecule has 2 aliphatic heterocycles. The number of nitrogens with zero attached hydrogens (tertiary/aromatic N) is 1. The average molecular weight is 214 g/mol. The summed E-state index contributed by atoms with van der Waals surface area (Å²) in [7, 11) is 0. The maximum atomic E-state index is 3.66. The number of rotatable bonds is 4. The summed E-state index contributed by atoms with van der Waals surface area (Å²) < 4.78 is 0. The fraction of sp³-hybridized carbons (Fsp3) is 1.00. The second-order valence-electron chi connectivity index (χ2n) is 4.44. The molecule has 3 heteroatoms. The van der Waals surface area contributed by atoms with Crippen molar-refractivity contribution >= 4 is 11.8 Å². The van der Waals surface area contributed by atoms with Gasteiger partial charge in [0.25, 0.3) is 0 Å². The third-order valence-corrected chi connectivity index (χ3v) is 4.15. The molecule has 0 radical (unpaired) electrons. The predicted molar refractivity (Wildman–Crippen MR) is 64.0 cm³/mol. The van der Waals surface area contributed by atoms with Gasteiger partial charge in [-0.2, -0.15) is 11.8 Å². The van der Waals surface area contributed by atoms with E-state index in [1.165, 1.54) is 51.1 Å². The monoisotopic (exact) mass is 214 g/mol. The zero-order chi connectivity index (χ0) is 9.80. The Labute approximate surface area is 91.8 Å². The van der Waals surface area contributed by atoms with Gasteiger partial charge in [0.1, 0.15) is 0 Å². The molecule has 2 rings (SSSR count). The van der Waals surface area contributed by atoms with Crippen LogP contribution in [0.2, 0.25) is 0 Å². The molecular formula is C11H22N2S. The number of likely N-dealkylation sites (tertiary alicyclic amines) is 1. The first kappa shape index (κ1) is 10.8. The van der Waals surface area contributed by atoms with E-state index in [0.29, 0.717) is 0 Å². The first-order valence-corrected chi connectivity index (χ1v) is 7.27. The van der Waals surface area contributed by atoms with Crippen molar-refractivity contribution in [1.82, 2.24) is 10.2 Å². The van der Waals surface area contributed by atoms with Crippen LogP contribution in [0.25, 0.3) is 0 Å². The van der Waals surface area contributed by atoms with Crippen molar-refractivity contribution in [3.05, 3.63) is 0 Å². The van der Waals surface area contributed by atoms with Gasteiger partial charge in [0, 0.05) is 24.4 Å². The van der Waals surface area contributed by atoms with Crippen LogP contribution in [0.5, 0.6) is 0 Å². The van der Waals surface area contributed by atoms with Crippen LogP contribution in [0.1, 0.15) is 25.7 Å². The number of hydrogen-bond donors (Lipinski definition) is 1. The van der Waals surface area contributed by atoms with Gasteiger partial charge in [-0.15, -0.1) is 0 Å². The fourth-order valence-electron chi connectivity index (χ4n) is 2.83. The van der Waals surface area contributed by atoms with Crippen LogP contribution < -0.4 is 5.32 Å². The van der Waals surface area contributed by atoms with E-state index in [0.717, 1.165) is 12.1 Å². The SMILES string of the molecule is CSCCN1CCCC1C1CCCN1. The summed E-state index contributed by atoms with van der Waals surface area (Å²) in [5, 5.41) is 3.66. The Morgan fingerprint density at radius 2 is 2.29 bits per heavy atom. The summed E-state index contributed by atoms with van der Waals surface area (Å²) >= 11 is 1.97. The van der Waals surface area contributed by atoms with Gasteiger partial charge < -0.3 is 5.32 Å². The van der Waals surface area contributed by atoms with E-state index >= 15 is 0 Å². The van der Waals surface area contributed by atoms with Crippen LogP contribution in [0.15, 0.2) is 0 Å². The quantitative estimate of drug-likeness (QED) is 0.765. The van der Waals surface area contributed by atoms with Crippen molar-refractivity contribution in [1.29, 1.82) is 0 Å². The van der Waals surface area contributed by atoms with Crippen molar-refractivity contribution in [3.63, 3.8) is 0 Å². The van der Waals surface area contributed by atoms with Crippen LogP contribution in [-0.2, 0) is 0 Å². The molecule has 2 aliphatic rings. The highest BCUT2D eigenvalue weighted by Gasteiger charge is 2.32. The molecule has 0 aromatic carbocycles. The summed E-state index contributed by atoms with van der Waals surface area (Å²) in [6.07, 6.45) is 7.83. The molecule has 1 N–H and O–H groups in total. The number of thioether (sulfide) groups is 1. The van der Waals surface area contributed by atoms with Gasteiger partial charge >= 0.3 is 0 Å². The van der Waals surface area contributed by atoms with Crippen LogP contribution in [-0.4, -0.2) is 48.6 Å². The smallest absolute Gasteiger partial charge is 0.0250 e. The van der Waals surface area contributed by atoms with Gasteiger partial charge in [0.2, 0.25) is 0 Å². The minimum atomic E-state index is 0.805. The molecule has 0 spiro atoms. The molecular weight excluding hydrogens is 192 g/mol. The molecule has 0 aromatic rings. The van der Waals surface area contributed by atoms with E-state index in [2.05, 4.69) is 16.5 Å². The molecule has 2 saturated heterocycles. The van der Waals surface area contributed by atoms with Crippen LogP contribution in [0.3, 0.4) is 0 Å². The van der Waals surface area contributed by atoms with Crippen LogP contribution in [0.4, 0.5) is 0 Å². The third-order valence-electron chi connectivity index (χ3n) is 3.56. The first-order chi connectivity index (χ1) is 6.92. The zero-order valence-corrected chi connectivity index (χ0v) is 9.98. The molecule has 82 valence electrons. The minimum Gasteiger partial charge on any atom is -0.312 e. The van der Waals surface area contributed by atoms with Crippen molar-refractivity contribution in [2.24, 2.45) is 0 Å². The summed E-state index contributed by atoms with van der Waals surface area (Å²) in [6, 6.07) is 1.66. The van der Waals surface area contributed by atoms with E-state index in [-0.39, 0.29) is 0 Å². The number of hydrogen-bond acceptors (Lipinski definition) is 3. The van der Waals surface area contributed by atoms with Gasteiger partial charge in [0.15, 0.2) is 0 Å². The summed E-state index contributed by atoms with van der Waals surface area (Å²) in [4.78, 5) is 2.71. The van der Waals surface area contributed by atoms with Gasteiger partial charge in [-0.3, -0.25) is 4.90 Å². The largest absolute Gasteiger partial charge is 0.312 e. The highest BCUT2D eigenvalue weighted by Crippen LogP contribution is 2.24. The predicted octanol–water partition coefficient (Wildman–Crippen LogP) is 1.57. The molecule has 2 atom stereocenters. The first-order valence-electron chi connectivity index (χ1n) is 5.88. The zero-order valence-electron chi connectivity index (χ0n) is 9.17. The molecule has 14 heavy (non-hydrogen) atoms. The summed E-state index contributed by atoms with van der Waals surface area (Å²) in [5.41, 5.74) is 0. The second kappa shape index (κ2) is 5.38. The molecule has 2 unspecified atom stereocenters. The number of nitrogens with one attached hydrogen (secondary N) is 1.